The highest BCUT2D eigenvalue weighted by atomic mass is 35.5. The van der Waals surface area contributed by atoms with Gasteiger partial charge in [0.2, 0.25) is 0 Å². The van der Waals surface area contributed by atoms with Crippen LogP contribution in [0.2, 0.25) is 5.02 Å². The fourth-order valence-corrected chi connectivity index (χ4v) is 1.60. The van der Waals surface area contributed by atoms with E-state index in [4.69, 9.17) is 26.6 Å². The normalized spacial score (nSPS) is 10.7. The van der Waals surface area contributed by atoms with Gasteiger partial charge in [-0.05, 0) is 25.1 Å². The molecule has 1 aromatic heterocycles. The number of hydrogen-bond acceptors (Lipinski definition) is 5. The van der Waals surface area contributed by atoms with Crippen molar-refractivity contribution in [3.05, 3.63) is 29.0 Å². The molecule has 2 N–H and O–H groups in total. The average molecular weight is 254 g/mol. The van der Waals surface area contributed by atoms with Crippen LogP contribution in [0.5, 0.6) is 0 Å². The number of nitrogens with two attached hydrogens (primary N) is 1. The van der Waals surface area contributed by atoms with E-state index in [-0.39, 0.29) is 0 Å². The van der Waals surface area contributed by atoms with Gasteiger partial charge in [-0.3, -0.25) is 0 Å². The van der Waals surface area contributed by atoms with E-state index < -0.39 is 0 Å². The van der Waals surface area contributed by atoms with Gasteiger partial charge in [0.15, 0.2) is 5.82 Å². The highest BCUT2D eigenvalue weighted by molar-refractivity contribution is 6.31. The Balaban J connectivity index is 2.24. The van der Waals surface area contributed by atoms with E-state index in [1.165, 1.54) is 0 Å². The van der Waals surface area contributed by atoms with Crippen molar-refractivity contribution in [1.82, 2.24) is 10.1 Å². The lowest BCUT2D eigenvalue weighted by atomic mass is 10.2. The molecule has 17 heavy (non-hydrogen) atoms. The van der Waals surface area contributed by atoms with Gasteiger partial charge in [0.05, 0.1) is 0 Å². The van der Waals surface area contributed by atoms with E-state index in [1.807, 2.05) is 6.92 Å². The average Bonchev–Trinajstić information content (AvgIpc) is 2.73. The molecule has 0 unspecified atom stereocenters. The Morgan fingerprint density at radius 1 is 1.41 bits per heavy atom. The molecule has 0 aliphatic carbocycles. The highest BCUT2D eigenvalue weighted by Crippen LogP contribution is 2.24. The Morgan fingerprint density at radius 3 is 2.94 bits per heavy atom. The van der Waals surface area contributed by atoms with Crippen molar-refractivity contribution in [2.24, 2.45) is 0 Å². The SMILES string of the molecule is CCOCc1noc(-c2cc(N)cc(Cl)c2)n1. The van der Waals surface area contributed by atoms with E-state index in [1.54, 1.807) is 18.2 Å². The third-order valence-corrected chi connectivity index (χ3v) is 2.29. The Morgan fingerprint density at radius 2 is 2.24 bits per heavy atom. The Labute approximate surface area is 104 Å². The van der Waals surface area contributed by atoms with Gasteiger partial charge in [-0.15, -0.1) is 0 Å². The second kappa shape index (κ2) is 5.16. The molecule has 6 heteroatoms. The molecule has 0 fully saturated rings. The topological polar surface area (TPSA) is 74.2 Å². The fourth-order valence-electron chi connectivity index (χ4n) is 1.36. The number of nitrogens with zero attached hydrogens (tertiary/aromatic N) is 2. The van der Waals surface area contributed by atoms with E-state index in [2.05, 4.69) is 10.1 Å². The van der Waals surface area contributed by atoms with Crippen molar-refractivity contribution in [1.29, 1.82) is 0 Å². The van der Waals surface area contributed by atoms with Crippen molar-refractivity contribution in [3.8, 4) is 11.5 Å². The first-order chi connectivity index (χ1) is 8.19. The first-order valence-electron chi connectivity index (χ1n) is 5.16. The van der Waals surface area contributed by atoms with Gasteiger partial charge >= 0.3 is 0 Å². The third kappa shape index (κ3) is 2.95. The quantitative estimate of drug-likeness (QED) is 0.848. The summed E-state index contributed by atoms with van der Waals surface area (Å²) in [6, 6.07) is 5.10. The number of anilines is 1. The first-order valence-corrected chi connectivity index (χ1v) is 5.53. The van der Waals surface area contributed by atoms with E-state index >= 15 is 0 Å². The largest absolute Gasteiger partial charge is 0.399 e. The Hall–Kier alpha value is -1.59. The minimum Gasteiger partial charge on any atom is -0.399 e. The van der Waals surface area contributed by atoms with Gasteiger partial charge in [0, 0.05) is 22.9 Å². The standard InChI is InChI=1S/C11H12ClN3O2/c1-2-16-6-10-14-11(17-15-10)7-3-8(12)5-9(13)4-7/h3-5H,2,6,13H2,1H3. The van der Waals surface area contributed by atoms with Gasteiger partial charge < -0.3 is 15.0 Å². The van der Waals surface area contributed by atoms with Gasteiger partial charge in [0.1, 0.15) is 6.61 Å². The summed E-state index contributed by atoms with van der Waals surface area (Å²) < 4.78 is 10.3. The predicted molar refractivity (Wildman–Crippen MR) is 64.5 cm³/mol. The lowest BCUT2D eigenvalue weighted by molar-refractivity contribution is 0.126. The fraction of sp³-hybridized carbons (Fsp3) is 0.273. The first kappa shape index (κ1) is 11.9. The van der Waals surface area contributed by atoms with Crippen molar-refractivity contribution in [2.75, 3.05) is 12.3 Å². The zero-order valence-corrected chi connectivity index (χ0v) is 10.1. The zero-order valence-electron chi connectivity index (χ0n) is 9.31. The van der Waals surface area contributed by atoms with Crippen LogP contribution in [0.3, 0.4) is 0 Å². The molecule has 0 atom stereocenters. The minimum atomic E-state index is 0.329. The summed E-state index contributed by atoms with van der Waals surface area (Å²) in [7, 11) is 0. The molecule has 5 nitrogen and oxygen atoms in total. The molecule has 2 rings (SSSR count). The molecule has 2 aromatic rings. The van der Waals surface area contributed by atoms with Crippen LogP contribution in [-0.4, -0.2) is 16.7 Å². The molecule has 0 saturated carbocycles. The molecule has 90 valence electrons. The molecular formula is C11H12ClN3O2. The monoisotopic (exact) mass is 253 g/mol. The number of rotatable bonds is 4. The molecule has 0 aliphatic heterocycles. The molecule has 0 saturated heterocycles. The van der Waals surface area contributed by atoms with Crippen molar-refractivity contribution < 1.29 is 9.26 Å². The molecular weight excluding hydrogens is 242 g/mol. The minimum absolute atomic E-state index is 0.329. The van der Waals surface area contributed by atoms with E-state index in [9.17, 15) is 0 Å². The second-order valence-corrected chi connectivity index (χ2v) is 3.86. The summed E-state index contributed by atoms with van der Waals surface area (Å²) in [5, 5.41) is 4.33. The lowest BCUT2D eigenvalue weighted by Gasteiger charge is -1.98. The molecule has 1 heterocycles. The number of halogens is 1. The molecule has 0 radical (unpaired) electrons. The zero-order chi connectivity index (χ0) is 12.3. The van der Waals surface area contributed by atoms with Crippen LogP contribution in [0.25, 0.3) is 11.5 Å². The van der Waals surface area contributed by atoms with Crippen molar-refractivity contribution >= 4 is 17.3 Å². The van der Waals surface area contributed by atoms with Crippen LogP contribution < -0.4 is 5.73 Å². The maximum absolute atomic E-state index is 5.90. The predicted octanol–water partition coefficient (Wildman–Crippen LogP) is 2.51. The van der Waals surface area contributed by atoms with Crippen molar-refractivity contribution in [2.45, 2.75) is 13.5 Å². The summed E-state index contributed by atoms with van der Waals surface area (Å²) in [4.78, 5) is 4.18. The summed E-state index contributed by atoms with van der Waals surface area (Å²) >= 11 is 5.90. The molecule has 0 amide bonds. The molecule has 0 aliphatic rings. The van der Waals surface area contributed by atoms with Crippen molar-refractivity contribution in [3.63, 3.8) is 0 Å². The third-order valence-electron chi connectivity index (χ3n) is 2.07. The summed E-state index contributed by atoms with van der Waals surface area (Å²) in [6.07, 6.45) is 0. The van der Waals surface area contributed by atoms with Crippen LogP contribution in [0, 0.1) is 0 Å². The second-order valence-electron chi connectivity index (χ2n) is 3.43. The molecule has 1 aromatic carbocycles. The number of aromatic nitrogens is 2. The highest BCUT2D eigenvalue weighted by Gasteiger charge is 2.10. The van der Waals surface area contributed by atoms with Crippen LogP contribution in [-0.2, 0) is 11.3 Å². The van der Waals surface area contributed by atoms with Crippen LogP contribution in [0.4, 0.5) is 5.69 Å². The maximum Gasteiger partial charge on any atom is 0.258 e. The lowest BCUT2D eigenvalue weighted by Crippen LogP contribution is -1.93. The molecule has 0 spiro atoms. The van der Waals surface area contributed by atoms with E-state index in [0.717, 1.165) is 0 Å². The number of nitrogen functional groups attached to an aromatic ring is 1. The summed E-state index contributed by atoms with van der Waals surface area (Å²) in [5.74, 6) is 0.884. The van der Waals surface area contributed by atoms with Gasteiger partial charge in [-0.25, -0.2) is 0 Å². The van der Waals surface area contributed by atoms with Crippen LogP contribution >= 0.6 is 11.6 Å². The summed E-state index contributed by atoms with van der Waals surface area (Å²) in [6.45, 7) is 2.84. The number of benzene rings is 1. The Kier molecular flexibility index (Phi) is 3.61. The maximum atomic E-state index is 5.90. The van der Waals surface area contributed by atoms with E-state index in [0.29, 0.717) is 41.2 Å². The number of ether oxygens (including phenoxy) is 1. The van der Waals surface area contributed by atoms with Crippen LogP contribution in [0.1, 0.15) is 12.7 Å². The molecule has 0 bridgehead atoms. The van der Waals surface area contributed by atoms with Gasteiger partial charge in [-0.1, -0.05) is 16.8 Å². The van der Waals surface area contributed by atoms with Gasteiger partial charge in [-0.2, -0.15) is 4.98 Å². The Bertz CT molecular complexity index is 493. The van der Waals surface area contributed by atoms with Gasteiger partial charge in [0.25, 0.3) is 5.89 Å². The number of hydrogen-bond donors (Lipinski definition) is 1. The van der Waals surface area contributed by atoms with Crippen LogP contribution in [0.15, 0.2) is 22.7 Å². The summed E-state index contributed by atoms with van der Waals surface area (Å²) in [5.41, 5.74) is 6.94. The smallest absolute Gasteiger partial charge is 0.258 e.